The van der Waals surface area contributed by atoms with E-state index in [-0.39, 0.29) is 11.3 Å². The van der Waals surface area contributed by atoms with Gasteiger partial charge in [-0.25, -0.2) is 0 Å². The Hall–Kier alpha value is -0.770. The van der Waals surface area contributed by atoms with Crippen LogP contribution in [0.15, 0.2) is 5.16 Å². The first-order valence-corrected chi connectivity index (χ1v) is 5.99. The lowest BCUT2D eigenvalue weighted by Gasteiger charge is -2.22. The van der Waals surface area contributed by atoms with Crippen molar-refractivity contribution in [1.29, 1.82) is 0 Å². The third-order valence-corrected chi connectivity index (χ3v) is 2.86. The van der Waals surface area contributed by atoms with E-state index in [1.54, 1.807) is 0 Å². The van der Waals surface area contributed by atoms with Crippen LogP contribution in [0.2, 0.25) is 0 Å². The first kappa shape index (κ1) is 15.2. The molecule has 1 atom stereocenters. The fourth-order valence-electron chi connectivity index (χ4n) is 1.45. The Morgan fingerprint density at radius 1 is 1.50 bits per heavy atom. The van der Waals surface area contributed by atoms with E-state index in [4.69, 9.17) is 15.7 Å². The summed E-state index contributed by atoms with van der Waals surface area (Å²) in [4.78, 5) is 0. The lowest BCUT2D eigenvalue weighted by molar-refractivity contribution is 0.0875. The van der Waals surface area contributed by atoms with Crippen LogP contribution in [0.4, 0.5) is 0 Å². The Morgan fingerprint density at radius 2 is 2.12 bits per heavy atom. The molecule has 0 amide bonds. The van der Waals surface area contributed by atoms with Crippen LogP contribution in [0.5, 0.6) is 0 Å². The van der Waals surface area contributed by atoms with E-state index in [9.17, 15) is 0 Å². The van der Waals surface area contributed by atoms with E-state index in [1.807, 2.05) is 13.8 Å². The molecule has 1 unspecified atom stereocenters. The van der Waals surface area contributed by atoms with Crippen LogP contribution in [0.1, 0.15) is 47.0 Å². The van der Waals surface area contributed by atoms with Gasteiger partial charge in [-0.05, 0) is 18.8 Å². The SMILES string of the molecule is CCCC(C)COCCC(C)(C)C(N)=NO. The van der Waals surface area contributed by atoms with Crippen molar-refractivity contribution in [3.8, 4) is 0 Å². The highest BCUT2D eigenvalue weighted by Gasteiger charge is 2.23. The number of hydrogen-bond donors (Lipinski definition) is 2. The van der Waals surface area contributed by atoms with Gasteiger partial charge in [-0.3, -0.25) is 0 Å². The molecule has 3 N–H and O–H groups in total. The van der Waals surface area contributed by atoms with Crippen molar-refractivity contribution < 1.29 is 9.94 Å². The van der Waals surface area contributed by atoms with Gasteiger partial charge < -0.3 is 15.7 Å². The van der Waals surface area contributed by atoms with Gasteiger partial charge in [0.05, 0.1) is 0 Å². The van der Waals surface area contributed by atoms with Gasteiger partial charge in [0.25, 0.3) is 0 Å². The average Bonchev–Trinajstić information content (AvgIpc) is 2.23. The Kier molecular flexibility index (Phi) is 7.13. The van der Waals surface area contributed by atoms with Crippen molar-refractivity contribution in [3.05, 3.63) is 0 Å². The van der Waals surface area contributed by atoms with E-state index in [1.165, 1.54) is 12.8 Å². The van der Waals surface area contributed by atoms with E-state index < -0.39 is 0 Å². The minimum Gasteiger partial charge on any atom is -0.409 e. The molecule has 16 heavy (non-hydrogen) atoms. The summed E-state index contributed by atoms with van der Waals surface area (Å²) in [6, 6.07) is 0. The fraction of sp³-hybridized carbons (Fsp3) is 0.917. The summed E-state index contributed by atoms with van der Waals surface area (Å²) in [6.07, 6.45) is 3.16. The lowest BCUT2D eigenvalue weighted by Crippen LogP contribution is -2.33. The molecule has 0 aromatic rings. The summed E-state index contributed by atoms with van der Waals surface area (Å²) in [7, 11) is 0. The number of ether oxygens (including phenoxy) is 1. The molecule has 0 aliphatic rings. The topological polar surface area (TPSA) is 67.8 Å². The minimum absolute atomic E-state index is 0.262. The zero-order chi connectivity index (χ0) is 12.6. The summed E-state index contributed by atoms with van der Waals surface area (Å²) >= 11 is 0. The van der Waals surface area contributed by atoms with Crippen LogP contribution in [-0.2, 0) is 4.74 Å². The molecule has 0 radical (unpaired) electrons. The zero-order valence-corrected chi connectivity index (χ0v) is 11.0. The molecule has 4 nitrogen and oxygen atoms in total. The maximum absolute atomic E-state index is 8.61. The van der Waals surface area contributed by atoms with Gasteiger partial charge in [-0.15, -0.1) is 0 Å². The summed E-state index contributed by atoms with van der Waals surface area (Å²) in [6.45, 7) is 9.70. The maximum Gasteiger partial charge on any atom is 0.144 e. The van der Waals surface area contributed by atoms with Crippen LogP contribution in [0.25, 0.3) is 0 Å². The molecule has 0 aromatic heterocycles. The lowest BCUT2D eigenvalue weighted by atomic mass is 9.88. The number of rotatable bonds is 8. The predicted molar refractivity (Wildman–Crippen MR) is 66.7 cm³/mol. The van der Waals surface area contributed by atoms with Crippen LogP contribution in [-0.4, -0.2) is 24.3 Å². The van der Waals surface area contributed by atoms with Crippen molar-refractivity contribution >= 4 is 5.84 Å². The summed E-state index contributed by atoms with van der Waals surface area (Å²) in [5.74, 6) is 0.870. The second-order valence-electron chi connectivity index (χ2n) is 5.09. The molecular weight excluding hydrogens is 204 g/mol. The second kappa shape index (κ2) is 7.49. The van der Waals surface area contributed by atoms with Crippen LogP contribution >= 0.6 is 0 Å². The summed E-state index contributed by atoms with van der Waals surface area (Å²) in [5.41, 5.74) is 5.28. The molecule has 96 valence electrons. The van der Waals surface area contributed by atoms with E-state index in [0.29, 0.717) is 12.5 Å². The van der Waals surface area contributed by atoms with Gasteiger partial charge in [-0.1, -0.05) is 39.3 Å². The van der Waals surface area contributed by atoms with E-state index in [2.05, 4.69) is 19.0 Å². The highest BCUT2D eigenvalue weighted by molar-refractivity contribution is 5.85. The van der Waals surface area contributed by atoms with Crippen LogP contribution in [0.3, 0.4) is 0 Å². The molecule has 0 aliphatic heterocycles. The van der Waals surface area contributed by atoms with Gasteiger partial charge in [0.15, 0.2) is 0 Å². The first-order valence-electron chi connectivity index (χ1n) is 5.99. The first-order chi connectivity index (χ1) is 7.44. The minimum atomic E-state index is -0.303. The Morgan fingerprint density at radius 3 is 2.62 bits per heavy atom. The van der Waals surface area contributed by atoms with Crippen molar-refractivity contribution in [2.24, 2.45) is 22.2 Å². The molecule has 0 spiro atoms. The third kappa shape index (κ3) is 5.95. The Balaban J connectivity index is 3.74. The molecule has 0 bridgehead atoms. The number of oxime groups is 1. The van der Waals surface area contributed by atoms with E-state index >= 15 is 0 Å². The predicted octanol–water partition coefficient (Wildman–Crippen LogP) is 2.60. The number of nitrogens with two attached hydrogens (primary N) is 1. The molecule has 0 saturated carbocycles. The molecule has 0 rings (SSSR count). The largest absolute Gasteiger partial charge is 0.409 e. The summed E-state index contributed by atoms with van der Waals surface area (Å²) in [5, 5.41) is 11.6. The van der Waals surface area contributed by atoms with Gasteiger partial charge >= 0.3 is 0 Å². The summed E-state index contributed by atoms with van der Waals surface area (Å²) < 4.78 is 5.59. The fourth-order valence-corrected chi connectivity index (χ4v) is 1.45. The molecule has 0 saturated heterocycles. The highest BCUT2D eigenvalue weighted by atomic mass is 16.5. The smallest absolute Gasteiger partial charge is 0.144 e. The zero-order valence-electron chi connectivity index (χ0n) is 11.0. The molecule has 4 heteroatoms. The molecular formula is C12H26N2O2. The van der Waals surface area contributed by atoms with Gasteiger partial charge in [-0.2, -0.15) is 0 Å². The molecule has 0 aliphatic carbocycles. The normalized spacial score (nSPS) is 15.1. The van der Waals surface area contributed by atoms with Gasteiger partial charge in [0, 0.05) is 18.6 Å². The Labute approximate surface area is 98.9 Å². The van der Waals surface area contributed by atoms with Gasteiger partial charge in [0.1, 0.15) is 5.84 Å². The van der Waals surface area contributed by atoms with Crippen molar-refractivity contribution in [2.45, 2.75) is 47.0 Å². The molecule has 0 fully saturated rings. The van der Waals surface area contributed by atoms with Crippen LogP contribution < -0.4 is 5.73 Å². The van der Waals surface area contributed by atoms with Gasteiger partial charge in [0.2, 0.25) is 0 Å². The molecule has 0 heterocycles. The average molecular weight is 230 g/mol. The second-order valence-corrected chi connectivity index (χ2v) is 5.09. The highest BCUT2D eigenvalue weighted by Crippen LogP contribution is 2.20. The van der Waals surface area contributed by atoms with Crippen molar-refractivity contribution in [3.63, 3.8) is 0 Å². The monoisotopic (exact) mass is 230 g/mol. The van der Waals surface area contributed by atoms with Crippen LogP contribution in [0, 0.1) is 11.3 Å². The maximum atomic E-state index is 8.61. The number of nitrogens with zero attached hydrogens (tertiary/aromatic N) is 1. The van der Waals surface area contributed by atoms with E-state index in [0.717, 1.165) is 13.0 Å². The van der Waals surface area contributed by atoms with Crippen molar-refractivity contribution in [1.82, 2.24) is 0 Å². The molecule has 0 aromatic carbocycles. The van der Waals surface area contributed by atoms with Crippen molar-refractivity contribution in [2.75, 3.05) is 13.2 Å². The number of hydrogen-bond acceptors (Lipinski definition) is 3. The Bertz CT molecular complexity index is 215. The quantitative estimate of drug-likeness (QED) is 0.221. The third-order valence-electron chi connectivity index (χ3n) is 2.86. The standard InChI is InChI=1S/C12H26N2O2/c1-5-6-10(2)9-16-8-7-12(3,4)11(13)14-15/h10,15H,5-9H2,1-4H3,(H2,13,14). The number of amidine groups is 1.